The van der Waals surface area contributed by atoms with Crippen LogP contribution in [0.1, 0.15) is 35.3 Å². The van der Waals surface area contributed by atoms with Gasteiger partial charge in [0.1, 0.15) is 35.5 Å². The Kier molecular flexibility index (Phi) is 6.55. The highest BCUT2D eigenvalue weighted by Crippen LogP contribution is 2.28. The van der Waals surface area contributed by atoms with Crippen LogP contribution in [0.3, 0.4) is 0 Å². The van der Waals surface area contributed by atoms with Gasteiger partial charge in [0.25, 0.3) is 0 Å². The smallest absolute Gasteiger partial charge is 0.339 e. The SMILES string of the molecule is Cc1cccc(C(=O)O)c1OCN1C[C@@H](C)N(Cc2ccc(F)cc2)C(=C=O)[C@@H]1C. The van der Waals surface area contributed by atoms with Crippen molar-refractivity contribution in [3.8, 4) is 5.75 Å². The normalized spacial score (nSPS) is 19.5. The molecule has 1 heterocycles. The summed E-state index contributed by atoms with van der Waals surface area (Å²) in [4.78, 5) is 27.2. The first-order valence-corrected chi connectivity index (χ1v) is 9.77. The molecule has 2 atom stereocenters. The van der Waals surface area contributed by atoms with Gasteiger partial charge in [0.2, 0.25) is 0 Å². The Bertz CT molecular complexity index is 970. The van der Waals surface area contributed by atoms with Crippen molar-refractivity contribution >= 4 is 11.9 Å². The highest BCUT2D eigenvalue weighted by molar-refractivity contribution is 5.91. The third kappa shape index (κ3) is 4.53. The quantitative estimate of drug-likeness (QED) is 0.733. The second-order valence-electron chi connectivity index (χ2n) is 7.57. The highest BCUT2D eigenvalue weighted by atomic mass is 19.1. The summed E-state index contributed by atoms with van der Waals surface area (Å²) in [6.07, 6.45) is 0. The Hall–Kier alpha value is -3.15. The minimum atomic E-state index is -1.05. The molecular formula is C23H25FN2O4. The first-order valence-electron chi connectivity index (χ1n) is 9.77. The first-order chi connectivity index (χ1) is 14.3. The van der Waals surface area contributed by atoms with Gasteiger partial charge in [-0.3, -0.25) is 4.90 Å². The fourth-order valence-corrected chi connectivity index (χ4v) is 3.74. The average molecular weight is 412 g/mol. The van der Waals surface area contributed by atoms with Crippen molar-refractivity contribution < 1.29 is 23.8 Å². The first kappa shape index (κ1) is 21.6. The number of halogens is 1. The minimum Gasteiger partial charge on any atom is -0.478 e. The van der Waals surface area contributed by atoms with Gasteiger partial charge in [-0.15, -0.1) is 0 Å². The molecule has 2 aromatic rings. The van der Waals surface area contributed by atoms with Crippen LogP contribution >= 0.6 is 0 Å². The van der Waals surface area contributed by atoms with Crippen LogP contribution in [0.5, 0.6) is 5.75 Å². The molecule has 1 aliphatic rings. The lowest BCUT2D eigenvalue weighted by Gasteiger charge is -2.45. The monoisotopic (exact) mass is 412 g/mol. The van der Waals surface area contributed by atoms with Crippen molar-refractivity contribution in [3.63, 3.8) is 0 Å². The van der Waals surface area contributed by atoms with E-state index in [1.807, 2.05) is 23.6 Å². The molecule has 7 heteroatoms. The van der Waals surface area contributed by atoms with Crippen molar-refractivity contribution in [3.05, 3.63) is 70.7 Å². The lowest BCUT2D eigenvalue weighted by molar-refractivity contribution is 0.0275. The van der Waals surface area contributed by atoms with Gasteiger partial charge in [0, 0.05) is 19.1 Å². The van der Waals surface area contributed by atoms with Crippen molar-refractivity contribution in [1.82, 2.24) is 9.80 Å². The van der Waals surface area contributed by atoms with Gasteiger partial charge in [-0.05, 0) is 50.1 Å². The Morgan fingerprint density at radius 2 is 1.93 bits per heavy atom. The average Bonchev–Trinajstić information content (AvgIpc) is 2.71. The van der Waals surface area contributed by atoms with Crippen molar-refractivity contribution in [2.75, 3.05) is 13.3 Å². The number of hydrogen-bond donors (Lipinski definition) is 1. The topological polar surface area (TPSA) is 70.1 Å². The van der Waals surface area contributed by atoms with Gasteiger partial charge in [0.15, 0.2) is 0 Å². The molecule has 1 saturated heterocycles. The molecule has 30 heavy (non-hydrogen) atoms. The van der Waals surface area contributed by atoms with Crippen LogP contribution in [0.25, 0.3) is 0 Å². The van der Waals surface area contributed by atoms with E-state index in [2.05, 4.69) is 5.94 Å². The number of aromatic carboxylic acids is 1. The Labute approximate surface area is 175 Å². The number of carboxylic acids is 1. The number of ether oxygens (including phenoxy) is 1. The van der Waals surface area contributed by atoms with Gasteiger partial charge in [-0.2, -0.15) is 0 Å². The lowest BCUT2D eigenvalue weighted by atomic mass is 10.0. The largest absolute Gasteiger partial charge is 0.478 e. The van der Waals surface area contributed by atoms with Crippen molar-refractivity contribution in [1.29, 1.82) is 0 Å². The standard InChI is InChI=1S/C23H25FN2O4/c1-15-5-4-6-20(23(28)29)22(15)30-14-25-11-16(2)26(21(13-27)17(25)3)12-18-7-9-19(24)10-8-18/h4-10,16-17H,11-12,14H2,1-3H3,(H,28,29)/t16-,17+/m1/s1. The van der Waals surface area contributed by atoms with E-state index in [0.29, 0.717) is 24.5 Å². The Morgan fingerprint density at radius 3 is 2.57 bits per heavy atom. The zero-order chi connectivity index (χ0) is 21.8. The van der Waals surface area contributed by atoms with Crippen LogP contribution in [0, 0.1) is 12.7 Å². The molecule has 0 unspecified atom stereocenters. The molecule has 0 aliphatic carbocycles. The van der Waals surface area contributed by atoms with Crippen LogP contribution in [-0.4, -0.2) is 52.2 Å². The molecule has 0 radical (unpaired) electrons. The van der Waals surface area contributed by atoms with E-state index in [1.165, 1.54) is 18.2 Å². The second kappa shape index (κ2) is 9.11. The Morgan fingerprint density at radius 1 is 1.23 bits per heavy atom. The summed E-state index contributed by atoms with van der Waals surface area (Å²) < 4.78 is 19.1. The van der Waals surface area contributed by atoms with E-state index in [9.17, 15) is 19.1 Å². The summed E-state index contributed by atoms with van der Waals surface area (Å²) in [5, 5.41) is 9.41. The van der Waals surface area contributed by atoms with Crippen LogP contribution in [-0.2, 0) is 11.3 Å². The van der Waals surface area contributed by atoms with Crippen LogP contribution < -0.4 is 4.74 Å². The van der Waals surface area contributed by atoms with Gasteiger partial charge >= 0.3 is 5.97 Å². The molecule has 1 fully saturated rings. The fraction of sp³-hybridized carbons (Fsp3) is 0.348. The number of carbonyl (C=O) groups is 1. The molecular weight excluding hydrogens is 387 g/mol. The Balaban J connectivity index is 1.75. The molecule has 2 aromatic carbocycles. The predicted octanol–water partition coefficient (Wildman–Crippen LogP) is 3.48. The van der Waals surface area contributed by atoms with Gasteiger partial charge in [-0.25, -0.2) is 14.0 Å². The molecule has 158 valence electrons. The summed E-state index contributed by atoms with van der Waals surface area (Å²) in [7, 11) is 0. The third-order valence-corrected chi connectivity index (χ3v) is 5.47. The predicted molar refractivity (Wildman–Crippen MR) is 110 cm³/mol. The van der Waals surface area contributed by atoms with E-state index in [-0.39, 0.29) is 30.2 Å². The molecule has 1 aliphatic heterocycles. The van der Waals surface area contributed by atoms with E-state index >= 15 is 0 Å². The summed E-state index contributed by atoms with van der Waals surface area (Å²) >= 11 is 0. The van der Waals surface area contributed by atoms with E-state index in [0.717, 1.165) is 11.1 Å². The number of carbonyl (C=O) groups excluding carboxylic acids is 1. The maximum Gasteiger partial charge on any atom is 0.339 e. The zero-order valence-corrected chi connectivity index (χ0v) is 17.3. The summed E-state index contributed by atoms with van der Waals surface area (Å²) in [6.45, 7) is 6.92. The van der Waals surface area contributed by atoms with Crippen LogP contribution in [0.15, 0.2) is 48.2 Å². The molecule has 0 aromatic heterocycles. The number of benzene rings is 2. The number of nitrogens with zero attached hydrogens (tertiary/aromatic N) is 2. The second-order valence-corrected chi connectivity index (χ2v) is 7.57. The minimum absolute atomic E-state index is 0.0119. The van der Waals surface area contributed by atoms with Crippen molar-refractivity contribution in [2.45, 2.75) is 39.4 Å². The number of para-hydroxylation sites is 1. The number of hydrogen-bond acceptors (Lipinski definition) is 5. The van der Waals surface area contributed by atoms with Crippen molar-refractivity contribution in [2.24, 2.45) is 0 Å². The summed E-state index contributed by atoms with van der Waals surface area (Å²) in [6, 6.07) is 10.9. The number of carboxylic acid groups (broad SMARTS) is 1. The van der Waals surface area contributed by atoms with Crippen LogP contribution in [0.4, 0.5) is 4.39 Å². The molecule has 0 saturated carbocycles. The highest BCUT2D eigenvalue weighted by Gasteiger charge is 2.34. The number of aryl methyl sites for hydroxylation is 1. The maximum absolute atomic E-state index is 13.2. The third-order valence-electron chi connectivity index (χ3n) is 5.47. The van der Waals surface area contributed by atoms with E-state index in [1.54, 1.807) is 31.2 Å². The van der Waals surface area contributed by atoms with Gasteiger partial charge in [0.05, 0.1) is 6.04 Å². The summed E-state index contributed by atoms with van der Waals surface area (Å²) in [5.41, 5.74) is 2.23. The number of rotatable bonds is 6. The maximum atomic E-state index is 13.2. The number of piperazine rings is 1. The molecule has 6 nitrogen and oxygen atoms in total. The molecule has 0 amide bonds. The lowest BCUT2D eigenvalue weighted by Crippen LogP contribution is -2.55. The molecule has 3 rings (SSSR count). The molecule has 1 N–H and O–H groups in total. The zero-order valence-electron chi connectivity index (χ0n) is 17.3. The molecule has 0 bridgehead atoms. The fourth-order valence-electron chi connectivity index (χ4n) is 3.74. The molecule has 0 spiro atoms. The van der Waals surface area contributed by atoms with Gasteiger partial charge in [-0.1, -0.05) is 24.3 Å². The van der Waals surface area contributed by atoms with E-state index < -0.39 is 5.97 Å². The van der Waals surface area contributed by atoms with Gasteiger partial charge < -0.3 is 14.7 Å². The van der Waals surface area contributed by atoms with Crippen LogP contribution in [0.2, 0.25) is 0 Å². The summed E-state index contributed by atoms with van der Waals surface area (Å²) in [5.74, 6) is 1.04. The van der Waals surface area contributed by atoms with E-state index in [4.69, 9.17) is 4.74 Å².